The van der Waals surface area contributed by atoms with E-state index in [-0.39, 0.29) is 42.8 Å². The number of carbonyl (C=O) groups excluding carboxylic acids is 4. The van der Waals surface area contributed by atoms with Crippen LogP contribution in [0.2, 0.25) is 5.15 Å². The smallest absolute Gasteiger partial charge is 0.386 e. The van der Waals surface area contributed by atoms with Gasteiger partial charge in [-0.25, -0.2) is 9.78 Å². The molecule has 0 saturated carbocycles. The van der Waals surface area contributed by atoms with E-state index < -0.39 is 36.5 Å². The summed E-state index contributed by atoms with van der Waals surface area (Å²) in [7, 11) is 1.40. The third kappa shape index (κ3) is 11.0. The number of rotatable bonds is 12. The summed E-state index contributed by atoms with van der Waals surface area (Å²) in [6, 6.07) is 11.1. The number of nitrogens with zero attached hydrogens (tertiary/aromatic N) is 2. The Bertz CT molecular complexity index is 1110. The van der Waals surface area contributed by atoms with Crippen LogP contribution < -0.4 is 16.4 Å². The fourth-order valence-corrected chi connectivity index (χ4v) is 3.53. The highest BCUT2D eigenvalue weighted by atomic mass is 35.5. The summed E-state index contributed by atoms with van der Waals surface area (Å²) in [6.45, 7) is -0.158. The molecule has 0 fully saturated rings. The molecule has 0 saturated heterocycles. The largest absolute Gasteiger partial charge is 0.491 e. The van der Waals surface area contributed by atoms with E-state index in [2.05, 4.69) is 20.4 Å². The van der Waals surface area contributed by atoms with E-state index in [9.17, 15) is 32.3 Å². The fraction of sp³-hybridized carbons (Fsp3) is 0.375. The summed E-state index contributed by atoms with van der Waals surface area (Å²) >= 11 is 5.83. The molecule has 2 rings (SSSR count). The number of halogens is 4. The Morgan fingerprint density at radius 2 is 1.84 bits per heavy atom. The zero-order chi connectivity index (χ0) is 28.3. The van der Waals surface area contributed by atoms with Gasteiger partial charge in [0.05, 0.1) is 13.0 Å². The van der Waals surface area contributed by atoms with Crippen molar-refractivity contribution in [3.63, 3.8) is 0 Å². The van der Waals surface area contributed by atoms with Crippen molar-refractivity contribution in [2.75, 3.05) is 31.2 Å². The Morgan fingerprint density at radius 1 is 1.16 bits per heavy atom. The van der Waals surface area contributed by atoms with Gasteiger partial charge in [-0.3, -0.25) is 14.4 Å². The van der Waals surface area contributed by atoms with Gasteiger partial charge in [-0.2, -0.15) is 13.2 Å². The molecule has 10 nitrogen and oxygen atoms in total. The van der Waals surface area contributed by atoms with Gasteiger partial charge >= 0.3 is 18.1 Å². The van der Waals surface area contributed by atoms with E-state index >= 15 is 0 Å². The molecule has 1 aromatic heterocycles. The number of carbonyl (C=O) groups is 4. The maximum absolute atomic E-state index is 12.6. The molecular weight excluding hydrogens is 531 g/mol. The highest BCUT2D eigenvalue weighted by Gasteiger charge is 2.42. The SMILES string of the molecule is CN(CC(=O)NC(CCc1ccccc1)CC(=O)OC(=O)C(F)(F)F)C(=O)CCNc1cc(N)nc(Cl)c1. The van der Waals surface area contributed by atoms with Crippen LogP contribution in [0, 0.1) is 0 Å². The molecule has 1 atom stereocenters. The first-order valence-electron chi connectivity index (χ1n) is 11.4. The number of aryl methyl sites for hydroxylation is 1. The van der Waals surface area contributed by atoms with Gasteiger partial charge < -0.3 is 26.0 Å². The minimum Gasteiger partial charge on any atom is -0.386 e. The lowest BCUT2D eigenvalue weighted by Gasteiger charge is -2.21. The first-order valence-corrected chi connectivity index (χ1v) is 11.8. The Kier molecular flexibility index (Phi) is 11.3. The van der Waals surface area contributed by atoms with E-state index in [0.717, 1.165) is 10.5 Å². The summed E-state index contributed by atoms with van der Waals surface area (Å²) in [4.78, 5) is 52.8. The number of hydrogen-bond donors (Lipinski definition) is 3. The topological polar surface area (TPSA) is 144 Å². The van der Waals surface area contributed by atoms with E-state index in [1.54, 1.807) is 30.3 Å². The average Bonchev–Trinajstić information content (AvgIpc) is 2.81. The number of esters is 2. The van der Waals surface area contributed by atoms with Crippen molar-refractivity contribution in [1.82, 2.24) is 15.2 Å². The summed E-state index contributed by atoms with van der Waals surface area (Å²) in [5.41, 5.74) is 7.04. The number of pyridine rings is 1. The van der Waals surface area contributed by atoms with Crippen LogP contribution in [0.3, 0.4) is 0 Å². The number of aromatic nitrogens is 1. The lowest BCUT2D eigenvalue weighted by atomic mass is 10.0. The Morgan fingerprint density at radius 3 is 2.47 bits per heavy atom. The lowest BCUT2D eigenvalue weighted by Crippen LogP contribution is -2.44. The van der Waals surface area contributed by atoms with Crippen molar-refractivity contribution < 1.29 is 37.1 Å². The molecule has 1 unspecified atom stereocenters. The maximum atomic E-state index is 12.6. The third-order valence-corrected chi connectivity index (χ3v) is 5.32. The quantitative estimate of drug-likeness (QED) is 0.205. The molecule has 206 valence electrons. The van der Waals surface area contributed by atoms with Crippen molar-refractivity contribution >= 4 is 46.9 Å². The lowest BCUT2D eigenvalue weighted by molar-refractivity contribution is -0.202. The zero-order valence-corrected chi connectivity index (χ0v) is 21.1. The second-order valence-corrected chi connectivity index (χ2v) is 8.67. The van der Waals surface area contributed by atoms with Crippen LogP contribution in [-0.2, 0) is 30.3 Å². The molecule has 2 aromatic rings. The summed E-state index contributed by atoms with van der Waals surface area (Å²) < 4.78 is 41.1. The Labute approximate surface area is 221 Å². The molecule has 0 radical (unpaired) electrons. The van der Waals surface area contributed by atoms with Crippen molar-refractivity contribution in [3.8, 4) is 0 Å². The van der Waals surface area contributed by atoms with Crippen molar-refractivity contribution in [1.29, 1.82) is 0 Å². The number of likely N-dealkylation sites (N-methyl/N-ethyl adjacent to an activating group) is 1. The van der Waals surface area contributed by atoms with Crippen molar-refractivity contribution in [2.24, 2.45) is 0 Å². The summed E-state index contributed by atoms with van der Waals surface area (Å²) in [5, 5.41) is 5.68. The number of anilines is 2. The predicted molar refractivity (Wildman–Crippen MR) is 133 cm³/mol. The fourth-order valence-electron chi connectivity index (χ4n) is 3.32. The van der Waals surface area contributed by atoms with E-state index in [1.165, 1.54) is 19.2 Å². The monoisotopic (exact) mass is 557 g/mol. The zero-order valence-electron chi connectivity index (χ0n) is 20.4. The second kappa shape index (κ2) is 14.2. The van der Waals surface area contributed by atoms with Crippen molar-refractivity contribution in [2.45, 2.75) is 37.9 Å². The van der Waals surface area contributed by atoms with Crippen LogP contribution in [-0.4, -0.2) is 66.0 Å². The summed E-state index contributed by atoms with van der Waals surface area (Å²) in [6.07, 6.45) is -5.42. The highest BCUT2D eigenvalue weighted by Crippen LogP contribution is 2.18. The van der Waals surface area contributed by atoms with Gasteiger partial charge in [0.2, 0.25) is 11.8 Å². The number of nitrogen functional groups attached to an aromatic ring is 1. The Hall–Kier alpha value is -3.87. The van der Waals surface area contributed by atoms with Gasteiger partial charge in [0.15, 0.2) is 0 Å². The molecule has 0 aliphatic heterocycles. The van der Waals surface area contributed by atoms with Crippen LogP contribution in [0.1, 0.15) is 24.8 Å². The van der Waals surface area contributed by atoms with Crippen LogP contribution >= 0.6 is 11.6 Å². The minimum absolute atomic E-state index is 0.0208. The molecule has 2 amide bonds. The number of alkyl halides is 3. The van der Waals surface area contributed by atoms with Crippen LogP contribution in [0.25, 0.3) is 0 Å². The van der Waals surface area contributed by atoms with Crippen LogP contribution in [0.4, 0.5) is 24.7 Å². The number of amides is 2. The number of nitrogens with one attached hydrogen (secondary N) is 2. The molecule has 0 aliphatic rings. The first kappa shape index (κ1) is 30.4. The predicted octanol–water partition coefficient (Wildman–Crippen LogP) is 2.72. The van der Waals surface area contributed by atoms with Gasteiger partial charge in [-0.1, -0.05) is 41.9 Å². The normalized spacial score (nSPS) is 11.8. The molecular formula is C24H27ClF3N5O5. The Balaban J connectivity index is 1.90. The van der Waals surface area contributed by atoms with E-state index in [4.69, 9.17) is 17.3 Å². The van der Waals surface area contributed by atoms with Gasteiger partial charge in [0.25, 0.3) is 0 Å². The third-order valence-electron chi connectivity index (χ3n) is 5.13. The molecule has 38 heavy (non-hydrogen) atoms. The molecule has 0 bridgehead atoms. The van der Waals surface area contributed by atoms with Gasteiger partial charge in [0.1, 0.15) is 11.0 Å². The number of nitrogens with two attached hydrogens (primary N) is 1. The molecule has 1 aromatic carbocycles. The van der Waals surface area contributed by atoms with Gasteiger partial charge in [-0.15, -0.1) is 0 Å². The number of ether oxygens (including phenoxy) is 1. The number of benzene rings is 1. The van der Waals surface area contributed by atoms with Crippen LogP contribution in [0.5, 0.6) is 0 Å². The molecule has 14 heteroatoms. The van der Waals surface area contributed by atoms with Crippen LogP contribution in [0.15, 0.2) is 42.5 Å². The first-order chi connectivity index (χ1) is 17.8. The molecule has 4 N–H and O–H groups in total. The molecule has 1 heterocycles. The van der Waals surface area contributed by atoms with Crippen molar-refractivity contribution in [3.05, 3.63) is 53.2 Å². The summed E-state index contributed by atoms with van der Waals surface area (Å²) in [5.74, 6) is -4.88. The minimum atomic E-state index is -5.33. The molecule has 0 aliphatic carbocycles. The second-order valence-electron chi connectivity index (χ2n) is 8.28. The van der Waals surface area contributed by atoms with E-state index in [0.29, 0.717) is 12.1 Å². The number of hydrogen-bond acceptors (Lipinski definition) is 8. The van der Waals surface area contributed by atoms with Gasteiger partial charge in [-0.05, 0) is 24.5 Å². The average molecular weight is 558 g/mol. The van der Waals surface area contributed by atoms with E-state index in [1.807, 2.05) is 0 Å². The highest BCUT2D eigenvalue weighted by molar-refractivity contribution is 6.29. The molecule has 0 spiro atoms. The van der Waals surface area contributed by atoms with Gasteiger partial charge in [0, 0.05) is 37.8 Å². The maximum Gasteiger partial charge on any atom is 0.491 e. The standard InChI is InChI=1S/C24H27ClF3N5O5/c1-33(21(35)9-10-30-17-11-18(25)32-19(29)12-17)14-20(34)31-16(8-7-15-5-3-2-4-6-15)13-22(36)38-23(37)24(26,27)28/h2-6,11-12,16H,7-10,13-14H2,1H3,(H,31,34)(H3,29,30,32).